The Labute approximate surface area is 175 Å². The van der Waals surface area contributed by atoms with Gasteiger partial charge in [-0.15, -0.1) is 0 Å². The number of rotatable bonds is 6. The van der Waals surface area contributed by atoms with Crippen molar-refractivity contribution in [3.8, 4) is 11.5 Å². The van der Waals surface area contributed by atoms with Crippen LogP contribution in [0.5, 0.6) is 11.5 Å². The predicted octanol–water partition coefficient (Wildman–Crippen LogP) is 5.33. The largest absolute Gasteiger partial charge is 0.419 e. The highest BCUT2D eigenvalue weighted by molar-refractivity contribution is 5.98. The van der Waals surface area contributed by atoms with Crippen molar-refractivity contribution < 1.29 is 23.9 Å². The summed E-state index contributed by atoms with van der Waals surface area (Å²) < 4.78 is 11.0. The number of esters is 2. The van der Waals surface area contributed by atoms with Crippen molar-refractivity contribution in [1.82, 2.24) is 0 Å². The van der Waals surface area contributed by atoms with Gasteiger partial charge in [0.25, 0.3) is 0 Å². The second-order valence-electron chi connectivity index (χ2n) is 6.95. The zero-order valence-electron chi connectivity index (χ0n) is 17.1. The van der Waals surface area contributed by atoms with E-state index in [1.807, 2.05) is 13.8 Å². The lowest BCUT2D eigenvalue weighted by Crippen LogP contribution is -2.13. The highest BCUT2D eigenvalue weighted by Crippen LogP contribution is 2.30. The van der Waals surface area contributed by atoms with E-state index in [4.69, 9.17) is 9.47 Å². The van der Waals surface area contributed by atoms with Gasteiger partial charge in [-0.05, 0) is 56.3 Å². The SMILES string of the molecule is CCC(=O)c1ccc(OC(=O)c2ccc(C)cc2)c(OC(=O)c2ccc(C)cc2)c1. The van der Waals surface area contributed by atoms with Gasteiger partial charge in [0.05, 0.1) is 11.1 Å². The number of ether oxygens (including phenoxy) is 2. The molecule has 0 unspecified atom stereocenters. The van der Waals surface area contributed by atoms with E-state index < -0.39 is 11.9 Å². The molecular formula is C25H22O5. The van der Waals surface area contributed by atoms with Gasteiger partial charge in [-0.2, -0.15) is 0 Å². The van der Waals surface area contributed by atoms with Crippen LogP contribution in [0.25, 0.3) is 0 Å². The summed E-state index contributed by atoms with van der Waals surface area (Å²) >= 11 is 0. The Morgan fingerprint density at radius 2 is 1.07 bits per heavy atom. The first-order chi connectivity index (χ1) is 14.4. The molecule has 0 saturated heterocycles. The minimum Gasteiger partial charge on any atom is -0.419 e. The summed E-state index contributed by atoms with van der Waals surface area (Å²) in [5.41, 5.74) is 3.12. The van der Waals surface area contributed by atoms with Crippen molar-refractivity contribution in [2.75, 3.05) is 0 Å². The molecule has 30 heavy (non-hydrogen) atoms. The van der Waals surface area contributed by atoms with Crippen LogP contribution in [0.3, 0.4) is 0 Å². The maximum absolute atomic E-state index is 12.6. The molecule has 0 radical (unpaired) electrons. The minimum absolute atomic E-state index is 0.0142. The second kappa shape index (κ2) is 9.18. The van der Waals surface area contributed by atoms with Gasteiger partial charge in [-0.3, -0.25) is 4.79 Å². The number of benzene rings is 3. The summed E-state index contributed by atoms with van der Waals surface area (Å²) in [4.78, 5) is 37.2. The van der Waals surface area contributed by atoms with Crippen LogP contribution in [-0.4, -0.2) is 17.7 Å². The van der Waals surface area contributed by atoms with Gasteiger partial charge in [0.2, 0.25) is 0 Å². The number of hydrogen-bond donors (Lipinski definition) is 0. The normalized spacial score (nSPS) is 10.4. The lowest BCUT2D eigenvalue weighted by molar-refractivity contribution is 0.0682. The standard InChI is InChI=1S/C25H22O5/c1-4-21(26)20-13-14-22(29-24(27)18-9-5-16(2)6-10-18)23(15-20)30-25(28)19-11-7-17(3)8-12-19/h5-15H,4H2,1-3H3. The topological polar surface area (TPSA) is 69.7 Å². The van der Waals surface area contributed by atoms with Gasteiger partial charge in [0.15, 0.2) is 17.3 Å². The molecule has 152 valence electrons. The smallest absolute Gasteiger partial charge is 0.343 e. The third-order valence-electron chi connectivity index (χ3n) is 4.57. The molecule has 0 N–H and O–H groups in total. The molecule has 3 aromatic carbocycles. The van der Waals surface area contributed by atoms with E-state index in [-0.39, 0.29) is 17.3 Å². The van der Waals surface area contributed by atoms with Crippen molar-refractivity contribution in [2.45, 2.75) is 27.2 Å². The first-order valence-electron chi connectivity index (χ1n) is 9.62. The number of hydrogen-bond acceptors (Lipinski definition) is 5. The Morgan fingerprint density at radius 1 is 0.633 bits per heavy atom. The molecular weight excluding hydrogens is 380 g/mol. The van der Waals surface area contributed by atoms with E-state index in [1.54, 1.807) is 61.5 Å². The highest BCUT2D eigenvalue weighted by atomic mass is 16.6. The minimum atomic E-state index is -0.608. The average molecular weight is 402 g/mol. The zero-order valence-corrected chi connectivity index (χ0v) is 17.1. The van der Waals surface area contributed by atoms with Gasteiger partial charge < -0.3 is 9.47 Å². The summed E-state index contributed by atoms with van der Waals surface area (Å²) in [5.74, 6) is -1.23. The van der Waals surface area contributed by atoms with Crippen molar-refractivity contribution in [2.24, 2.45) is 0 Å². The summed E-state index contributed by atoms with van der Waals surface area (Å²) in [6, 6.07) is 18.3. The third kappa shape index (κ3) is 5.00. The summed E-state index contributed by atoms with van der Waals surface area (Å²) in [6.07, 6.45) is 0.299. The highest BCUT2D eigenvalue weighted by Gasteiger charge is 2.18. The van der Waals surface area contributed by atoms with Gasteiger partial charge >= 0.3 is 11.9 Å². The molecule has 0 aliphatic carbocycles. The van der Waals surface area contributed by atoms with Gasteiger partial charge in [-0.25, -0.2) is 9.59 Å². The summed E-state index contributed by atoms with van der Waals surface area (Å²) in [6.45, 7) is 5.57. The third-order valence-corrected chi connectivity index (χ3v) is 4.57. The second-order valence-corrected chi connectivity index (χ2v) is 6.95. The molecule has 3 rings (SSSR count). The average Bonchev–Trinajstić information content (AvgIpc) is 2.75. The zero-order chi connectivity index (χ0) is 21.7. The van der Waals surface area contributed by atoms with Crippen LogP contribution < -0.4 is 9.47 Å². The molecule has 0 aromatic heterocycles. The molecule has 0 fully saturated rings. The molecule has 5 nitrogen and oxygen atoms in total. The van der Waals surface area contributed by atoms with Crippen molar-refractivity contribution in [3.63, 3.8) is 0 Å². The molecule has 5 heteroatoms. The number of ketones is 1. The molecule has 0 bridgehead atoms. The van der Waals surface area contributed by atoms with Crippen LogP contribution >= 0.6 is 0 Å². The van der Waals surface area contributed by atoms with Gasteiger partial charge in [0, 0.05) is 12.0 Å². The van der Waals surface area contributed by atoms with Crippen LogP contribution in [-0.2, 0) is 0 Å². The van der Waals surface area contributed by atoms with Crippen molar-refractivity contribution >= 4 is 17.7 Å². The molecule has 3 aromatic rings. The fourth-order valence-corrected chi connectivity index (χ4v) is 2.75. The quantitative estimate of drug-likeness (QED) is 0.316. The summed E-state index contributed by atoms with van der Waals surface area (Å²) in [5, 5.41) is 0. The van der Waals surface area contributed by atoms with Gasteiger partial charge in [-0.1, -0.05) is 42.3 Å². The number of carbonyl (C=O) groups is 3. The summed E-state index contributed by atoms with van der Waals surface area (Å²) in [7, 11) is 0. The molecule has 0 spiro atoms. The van der Waals surface area contributed by atoms with E-state index in [9.17, 15) is 14.4 Å². The fraction of sp³-hybridized carbons (Fsp3) is 0.160. The lowest BCUT2D eigenvalue weighted by Gasteiger charge is -2.12. The van der Waals surface area contributed by atoms with E-state index >= 15 is 0 Å². The van der Waals surface area contributed by atoms with Crippen LogP contribution in [0, 0.1) is 13.8 Å². The molecule has 0 atom stereocenters. The van der Waals surface area contributed by atoms with Crippen LogP contribution in [0.15, 0.2) is 66.7 Å². The predicted molar refractivity (Wildman–Crippen MR) is 113 cm³/mol. The van der Waals surface area contributed by atoms with Crippen LogP contribution in [0.4, 0.5) is 0 Å². The first-order valence-corrected chi connectivity index (χ1v) is 9.62. The van der Waals surface area contributed by atoms with Crippen LogP contribution in [0.2, 0.25) is 0 Å². The van der Waals surface area contributed by atoms with E-state index in [0.29, 0.717) is 23.1 Å². The maximum Gasteiger partial charge on any atom is 0.343 e. The molecule has 0 heterocycles. The van der Waals surface area contributed by atoms with E-state index in [1.165, 1.54) is 12.1 Å². The first kappa shape index (κ1) is 21.0. The van der Waals surface area contributed by atoms with E-state index in [0.717, 1.165) is 11.1 Å². The Balaban J connectivity index is 1.90. The number of aryl methyl sites for hydroxylation is 2. The Kier molecular flexibility index (Phi) is 6.42. The molecule has 0 aliphatic heterocycles. The molecule has 0 amide bonds. The Bertz CT molecular complexity index is 1080. The Hall–Kier alpha value is -3.73. The lowest BCUT2D eigenvalue weighted by atomic mass is 10.1. The monoisotopic (exact) mass is 402 g/mol. The number of Topliss-reactive ketones (excluding diaryl/α,β-unsaturated/α-hetero) is 1. The Morgan fingerprint density at radius 3 is 1.53 bits per heavy atom. The number of carbonyl (C=O) groups excluding carboxylic acids is 3. The van der Waals surface area contributed by atoms with Crippen molar-refractivity contribution in [1.29, 1.82) is 0 Å². The van der Waals surface area contributed by atoms with Crippen molar-refractivity contribution in [3.05, 3.63) is 94.5 Å². The van der Waals surface area contributed by atoms with Crippen LogP contribution in [0.1, 0.15) is 55.5 Å². The van der Waals surface area contributed by atoms with Gasteiger partial charge in [0.1, 0.15) is 0 Å². The molecule has 0 saturated carbocycles. The molecule has 0 aliphatic rings. The van der Waals surface area contributed by atoms with E-state index in [2.05, 4.69) is 0 Å². The maximum atomic E-state index is 12.6. The fourth-order valence-electron chi connectivity index (χ4n) is 2.75.